The molecule has 0 aliphatic carbocycles. The van der Waals surface area contributed by atoms with Crippen molar-refractivity contribution in [3.63, 3.8) is 0 Å². The second-order valence-electron chi connectivity index (χ2n) is 5.61. The van der Waals surface area contributed by atoms with E-state index in [1.807, 2.05) is 6.08 Å². The standard InChI is InChI=1S/C20H27FO4/c1-5-7-8-9-11-16(14-21)25-20(22)19-15(10-6-2)12-17(23-3)13-18(19)24-4/h5-6,12-13,16H,1-2,7-11,14H2,3-4H3/t16-/m0/s1. The molecule has 138 valence electrons. The van der Waals surface area contributed by atoms with Gasteiger partial charge < -0.3 is 14.2 Å². The molecule has 25 heavy (non-hydrogen) atoms. The van der Waals surface area contributed by atoms with Crippen molar-refractivity contribution >= 4 is 5.97 Å². The Hall–Kier alpha value is -2.30. The third-order valence-electron chi connectivity index (χ3n) is 3.81. The lowest BCUT2D eigenvalue weighted by Crippen LogP contribution is -2.22. The zero-order valence-electron chi connectivity index (χ0n) is 15.1. The Morgan fingerprint density at radius 2 is 1.96 bits per heavy atom. The Morgan fingerprint density at radius 3 is 2.52 bits per heavy atom. The number of rotatable bonds is 12. The van der Waals surface area contributed by atoms with Crippen molar-refractivity contribution in [1.82, 2.24) is 0 Å². The number of carbonyl (C=O) groups excluding carboxylic acids is 1. The Labute approximate surface area is 149 Å². The van der Waals surface area contributed by atoms with Crippen LogP contribution in [0.25, 0.3) is 0 Å². The van der Waals surface area contributed by atoms with Crippen molar-refractivity contribution in [1.29, 1.82) is 0 Å². The van der Waals surface area contributed by atoms with Crippen LogP contribution in [-0.2, 0) is 11.2 Å². The highest BCUT2D eigenvalue weighted by molar-refractivity contribution is 5.94. The molecule has 0 aromatic heterocycles. The lowest BCUT2D eigenvalue weighted by atomic mass is 10.0. The van der Waals surface area contributed by atoms with Crippen molar-refractivity contribution in [2.24, 2.45) is 0 Å². The number of methoxy groups -OCH3 is 2. The van der Waals surface area contributed by atoms with Gasteiger partial charge >= 0.3 is 5.97 Å². The van der Waals surface area contributed by atoms with E-state index in [2.05, 4.69) is 13.2 Å². The minimum Gasteiger partial charge on any atom is -0.497 e. The van der Waals surface area contributed by atoms with Gasteiger partial charge in [-0.25, -0.2) is 9.18 Å². The van der Waals surface area contributed by atoms with E-state index in [0.717, 1.165) is 19.3 Å². The fourth-order valence-corrected chi connectivity index (χ4v) is 2.51. The molecule has 1 aromatic carbocycles. The molecule has 1 rings (SSSR count). The predicted molar refractivity (Wildman–Crippen MR) is 97.3 cm³/mol. The van der Waals surface area contributed by atoms with Gasteiger partial charge in [-0.2, -0.15) is 0 Å². The molecule has 4 nitrogen and oxygen atoms in total. The molecule has 0 radical (unpaired) electrons. The Bertz CT molecular complexity index is 583. The monoisotopic (exact) mass is 350 g/mol. The van der Waals surface area contributed by atoms with Crippen molar-refractivity contribution in [2.45, 2.75) is 38.2 Å². The number of ether oxygens (including phenoxy) is 3. The number of allylic oxidation sites excluding steroid dienone is 2. The van der Waals surface area contributed by atoms with E-state index in [4.69, 9.17) is 14.2 Å². The molecule has 1 atom stereocenters. The molecule has 0 N–H and O–H groups in total. The molecule has 0 bridgehead atoms. The number of carbonyl (C=O) groups is 1. The molecule has 0 saturated heterocycles. The van der Waals surface area contributed by atoms with E-state index in [1.54, 1.807) is 18.2 Å². The Morgan fingerprint density at radius 1 is 1.20 bits per heavy atom. The molecule has 0 spiro atoms. The minimum atomic E-state index is -0.763. The number of alkyl halides is 1. The van der Waals surface area contributed by atoms with Gasteiger partial charge in [-0.05, 0) is 43.7 Å². The molecule has 0 aliphatic heterocycles. The molecule has 0 saturated carbocycles. The summed E-state index contributed by atoms with van der Waals surface area (Å²) in [6.07, 6.45) is 6.18. The van der Waals surface area contributed by atoms with Crippen molar-refractivity contribution < 1.29 is 23.4 Å². The predicted octanol–water partition coefficient (Wildman–Crippen LogP) is 4.67. The number of hydrogen-bond donors (Lipinski definition) is 0. The van der Waals surface area contributed by atoms with Crippen molar-refractivity contribution in [3.05, 3.63) is 48.6 Å². The zero-order valence-corrected chi connectivity index (χ0v) is 15.1. The van der Waals surface area contributed by atoms with E-state index < -0.39 is 18.7 Å². The first kappa shape index (κ1) is 20.7. The van der Waals surface area contributed by atoms with Gasteiger partial charge in [0.25, 0.3) is 0 Å². The van der Waals surface area contributed by atoms with Crippen LogP contribution in [0.4, 0.5) is 4.39 Å². The highest BCUT2D eigenvalue weighted by Gasteiger charge is 2.23. The SMILES string of the molecule is C=CCCCC[C@@H](CF)OC(=O)c1c(CC=C)cc(OC)cc1OC. The molecule has 0 fully saturated rings. The second-order valence-corrected chi connectivity index (χ2v) is 5.61. The zero-order chi connectivity index (χ0) is 18.7. The molecular weight excluding hydrogens is 323 g/mol. The first-order valence-corrected chi connectivity index (χ1v) is 8.34. The fraction of sp³-hybridized carbons (Fsp3) is 0.450. The third-order valence-corrected chi connectivity index (χ3v) is 3.81. The summed E-state index contributed by atoms with van der Waals surface area (Å²) in [7, 11) is 3.00. The number of hydrogen-bond acceptors (Lipinski definition) is 4. The van der Waals surface area contributed by atoms with Crippen LogP contribution in [0.3, 0.4) is 0 Å². The summed E-state index contributed by atoms with van der Waals surface area (Å²) in [5, 5.41) is 0. The van der Waals surface area contributed by atoms with Crippen LogP contribution >= 0.6 is 0 Å². The first-order chi connectivity index (χ1) is 12.1. The van der Waals surface area contributed by atoms with Gasteiger partial charge in [-0.3, -0.25) is 0 Å². The average Bonchev–Trinajstić information content (AvgIpc) is 2.63. The smallest absolute Gasteiger partial charge is 0.342 e. The lowest BCUT2D eigenvalue weighted by molar-refractivity contribution is 0.0208. The Balaban J connectivity index is 2.97. The maximum absolute atomic E-state index is 13.2. The molecule has 0 unspecified atom stereocenters. The summed E-state index contributed by atoms with van der Waals surface area (Å²) < 4.78 is 29.1. The van der Waals surface area contributed by atoms with Crippen LogP contribution in [0.2, 0.25) is 0 Å². The van der Waals surface area contributed by atoms with Gasteiger partial charge in [0.2, 0.25) is 0 Å². The van der Waals surface area contributed by atoms with Gasteiger partial charge in [0.1, 0.15) is 29.8 Å². The van der Waals surface area contributed by atoms with Crippen LogP contribution in [0.15, 0.2) is 37.4 Å². The largest absolute Gasteiger partial charge is 0.497 e. The maximum Gasteiger partial charge on any atom is 0.342 e. The summed E-state index contributed by atoms with van der Waals surface area (Å²) in [6.45, 7) is 6.64. The van der Waals surface area contributed by atoms with E-state index >= 15 is 0 Å². The molecular formula is C20H27FO4. The average molecular weight is 350 g/mol. The summed E-state index contributed by atoms with van der Waals surface area (Å²) in [4.78, 5) is 12.6. The number of benzene rings is 1. The minimum absolute atomic E-state index is 0.285. The van der Waals surface area contributed by atoms with Gasteiger partial charge in [-0.1, -0.05) is 12.2 Å². The normalized spacial score (nSPS) is 11.5. The summed E-state index contributed by atoms with van der Waals surface area (Å²) in [6, 6.07) is 3.34. The highest BCUT2D eigenvalue weighted by atomic mass is 19.1. The van der Waals surface area contributed by atoms with Crippen LogP contribution in [0.5, 0.6) is 11.5 Å². The molecule has 1 aromatic rings. The summed E-state index contributed by atoms with van der Waals surface area (Å²) >= 11 is 0. The summed E-state index contributed by atoms with van der Waals surface area (Å²) in [5.74, 6) is 0.310. The number of halogens is 1. The van der Waals surface area contributed by atoms with Gasteiger partial charge in [0.15, 0.2) is 0 Å². The van der Waals surface area contributed by atoms with E-state index in [1.165, 1.54) is 14.2 Å². The topological polar surface area (TPSA) is 44.8 Å². The van der Waals surface area contributed by atoms with E-state index in [9.17, 15) is 9.18 Å². The van der Waals surface area contributed by atoms with Gasteiger partial charge in [0, 0.05) is 6.07 Å². The quantitative estimate of drug-likeness (QED) is 0.312. The van der Waals surface area contributed by atoms with Crippen molar-refractivity contribution in [3.8, 4) is 11.5 Å². The third kappa shape index (κ3) is 6.25. The molecule has 5 heteroatoms. The van der Waals surface area contributed by atoms with Crippen LogP contribution in [0.1, 0.15) is 41.6 Å². The van der Waals surface area contributed by atoms with Crippen molar-refractivity contribution in [2.75, 3.05) is 20.9 Å². The number of unbranched alkanes of at least 4 members (excludes halogenated alkanes) is 2. The lowest BCUT2D eigenvalue weighted by Gasteiger charge is -2.18. The molecule has 0 amide bonds. The molecule has 0 heterocycles. The van der Waals surface area contributed by atoms with Gasteiger partial charge in [0.05, 0.1) is 14.2 Å². The maximum atomic E-state index is 13.2. The second kappa shape index (κ2) is 11.3. The van der Waals surface area contributed by atoms with E-state index in [0.29, 0.717) is 29.9 Å². The highest BCUT2D eigenvalue weighted by Crippen LogP contribution is 2.30. The van der Waals surface area contributed by atoms with Crippen LogP contribution < -0.4 is 9.47 Å². The first-order valence-electron chi connectivity index (χ1n) is 8.34. The summed E-state index contributed by atoms with van der Waals surface area (Å²) in [5.41, 5.74) is 0.952. The van der Waals surface area contributed by atoms with Crippen LogP contribution in [-0.4, -0.2) is 33.0 Å². The van der Waals surface area contributed by atoms with Crippen LogP contribution in [0, 0.1) is 0 Å². The fourth-order valence-electron chi connectivity index (χ4n) is 2.51. The molecule has 0 aliphatic rings. The van der Waals surface area contributed by atoms with Gasteiger partial charge in [-0.15, -0.1) is 13.2 Å². The van der Waals surface area contributed by atoms with E-state index in [-0.39, 0.29) is 5.56 Å². The number of esters is 1. The Kier molecular flexibility index (Phi) is 9.37.